The van der Waals surface area contributed by atoms with Crippen molar-refractivity contribution in [3.63, 3.8) is 0 Å². The van der Waals surface area contributed by atoms with Gasteiger partial charge in [0, 0.05) is 26.2 Å². The minimum Gasteiger partial charge on any atom is -0.252 e. The minimum absolute atomic E-state index is 0.938. The van der Waals surface area contributed by atoms with E-state index in [1.54, 1.807) is 0 Å². The van der Waals surface area contributed by atoms with E-state index in [4.69, 9.17) is 23.0 Å². The second kappa shape index (κ2) is 6.36. The number of nitrogens with zero attached hydrogens (tertiary/aromatic N) is 2. The monoisotopic (exact) mass is 242 g/mol. The van der Waals surface area contributed by atoms with Gasteiger partial charge < -0.3 is 0 Å². The Morgan fingerprint density at radius 2 is 1.15 bits per heavy atom. The van der Waals surface area contributed by atoms with E-state index in [1.165, 1.54) is 0 Å². The van der Waals surface area contributed by atoms with E-state index in [2.05, 4.69) is 37.0 Å². The van der Waals surface area contributed by atoms with E-state index in [9.17, 15) is 0 Å². The third-order valence-electron chi connectivity index (χ3n) is 2.16. The summed E-state index contributed by atoms with van der Waals surface area (Å²) in [6, 6.07) is 0. The fourth-order valence-electron chi connectivity index (χ4n) is 1.32. The molecule has 0 rings (SSSR count). The van der Waals surface area contributed by atoms with Crippen LogP contribution >= 0.6 is 16.9 Å². The first-order valence-corrected chi connectivity index (χ1v) is 8.46. The van der Waals surface area contributed by atoms with E-state index in [-0.39, 0.29) is 0 Å². The standard InChI is InChI=1S/C8H20ClN2PS/c1-5-10(6-2)12(9,13)11(7-3)8-4/h5-8H2,1-4H3. The average molecular weight is 243 g/mol. The third kappa shape index (κ3) is 3.49. The number of hydrogen-bond donors (Lipinski definition) is 0. The average Bonchev–Trinajstić information content (AvgIpc) is 2.07. The predicted molar refractivity (Wildman–Crippen MR) is 66.0 cm³/mol. The minimum atomic E-state index is -1.94. The second-order valence-corrected chi connectivity index (χ2v) is 8.37. The van der Waals surface area contributed by atoms with Gasteiger partial charge in [-0.3, -0.25) is 9.34 Å². The Labute approximate surface area is 92.1 Å². The summed E-state index contributed by atoms with van der Waals surface area (Å²) in [7, 11) is 0. The van der Waals surface area contributed by atoms with Gasteiger partial charge in [-0.25, -0.2) is 0 Å². The molecule has 0 N–H and O–H groups in total. The summed E-state index contributed by atoms with van der Waals surface area (Å²) in [6.07, 6.45) is 0. The fourth-order valence-corrected chi connectivity index (χ4v) is 5.75. The molecule has 0 aromatic carbocycles. The van der Waals surface area contributed by atoms with Crippen LogP contribution < -0.4 is 0 Å². The van der Waals surface area contributed by atoms with Crippen LogP contribution in [0.3, 0.4) is 0 Å². The summed E-state index contributed by atoms with van der Waals surface area (Å²) in [5.41, 5.74) is -1.94. The molecule has 0 fully saturated rings. The molecule has 0 spiro atoms. The lowest BCUT2D eigenvalue weighted by Gasteiger charge is -2.36. The molecule has 0 saturated heterocycles. The molecular formula is C8H20ClN2PS. The van der Waals surface area contributed by atoms with Crippen LogP contribution in [0.5, 0.6) is 0 Å². The zero-order valence-electron chi connectivity index (χ0n) is 8.96. The van der Waals surface area contributed by atoms with Crippen LogP contribution in [0.15, 0.2) is 0 Å². The zero-order valence-corrected chi connectivity index (χ0v) is 11.4. The predicted octanol–water partition coefficient (Wildman–Crippen LogP) is 3.13. The molecule has 5 heteroatoms. The zero-order chi connectivity index (χ0) is 10.5. The van der Waals surface area contributed by atoms with Crippen molar-refractivity contribution >= 4 is 28.7 Å². The van der Waals surface area contributed by atoms with Crippen LogP contribution in [0.2, 0.25) is 0 Å². The highest BCUT2D eigenvalue weighted by Gasteiger charge is 2.25. The SMILES string of the molecule is CCN(CC)P(=S)(Cl)N(CC)CC. The van der Waals surface area contributed by atoms with Gasteiger partial charge in [-0.15, -0.1) is 0 Å². The molecule has 0 aliphatic carbocycles. The Kier molecular flexibility index (Phi) is 6.78. The molecule has 80 valence electrons. The van der Waals surface area contributed by atoms with Crippen LogP contribution in [0.4, 0.5) is 0 Å². The quantitative estimate of drug-likeness (QED) is 0.661. The van der Waals surface area contributed by atoms with Gasteiger partial charge in [-0.1, -0.05) is 38.9 Å². The Hall–Kier alpha value is 0.860. The Morgan fingerprint density at radius 3 is 1.31 bits per heavy atom. The molecule has 0 amide bonds. The van der Waals surface area contributed by atoms with Crippen molar-refractivity contribution in [1.82, 2.24) is 9.34 Å². The molecule has 0 atom stereocenters. The highest BCUT2D eigenvalue weighted by Crippen LogP contribution is 2.57. The van der Waals surface area contributed by atoms with Crippen molar-refractivity contribution in [2.45, 2.75) is 27.7 Å². The first kappa shape index (κ1) is 13.9. The van der Waals surface area contributed by atoms with Crippen molar-refractivity contribution in [1.29, 1.82) is 0 Å². The van der Waals surface area contributed by atoms with Crippen molar-refractivity contribution in [2.24, 2.45) is 0 Å². The molecule has 0 saturated carbocycles. The lowest BCUT2D eigenvalue weighted by atomic mass is 10.7. The van der Waals surface area contributed by atoms with Gasteiger partial charge in [0.2, 0.25) is 0 Å². The van der Waals surface area contributed by atoms with Crippen LogP contribution in [0.25, 0.3) is 0 Å². The third-order valence-corrected chi connectivity index (χ3v) is 7.35. The summed E-state index contributed by atoms with van der Waals surface area (Å²) >= 11 is 12.0. The van der Waals surface area contributed by atoms with E-state index >= 15 is 0 Å². The molecule has 13 heavy (non-hydrogen) atoms. The summed E-state index contributed by atoms with van der Waals surface area (Å²) in [5.74, 6) is 0. The Morgan fingerprint density at radius 1 is 0.923 bits per heavy atom. The van der Waals surface area contributed by atoms with Gasteiger partial charge in [0.25, 0.3) is 0 Å². The van der Waals surface area contributed by atoms with E-state index in [0.717, 1.165) is 26.2 Å². The van der Waals surface area contributed by atoms with Gasteiger partial charge in [0.15, 0.2) is 5.69 Å². The summed E-state index contributed by atoms with van der Waals surface area (Å²) in [6.45, 7) is 12.2. The highest BCUT2D eigenvalue weighted by molar-refractivity contribution is 8.24. The maximum Gasteiger partial charge on any atom is 0.164 e. The molecule has 0 unspecified atom stereocenters. The van der Waals surface area contributed by atoms with Gasteiger partial charge in [0.05, 0.1) is 0 Å². The smallest absolute Gasteiger partial charge is 0.164 e. The highest BCUT2D eigenvalue weighted by atomic mass is 35.7. The van der Waals surface area contributed by atoms with Crippen LogP contribution in [0.1, 0.15) is 27.7 Å². The summed E-state index contributed by atoms with van der Waals surface area (Å²) < 4.78 is 4.38. The Balaban J connectivity index is 4.59. The number of rotatable bonds is 6. The molecule has 2 nitrogen and oxygen atoms in total. The normalized spacial score (nSPS) is 12.8. The van der Waals surface area contributed by atoms with Crippen molar-refractivity contribution in [3.8, 4) is 0 Å². The maximum atomic E-state index is 6.45. The largest absolute Gasteiger partial charge is 0.252 e. The fraction of sp³-hybridized carbons (Fsp3) is 1.00. The Bertz CT molecular complexity index is 165. The van der Waals surface area contributed by atoms with Crippen molar-refractivity contribution in [3.05, 3.63) is 0 Å². The lowest BCUT2D eigenvalue weighted by molar-refractivity contribution is 0.432. The first-order valence-electron chi connectivity index (χ1n) is 4.84. The maximum absolute atomic E-state index is 6.45. The number of halogens is 1. The molecule has 0 heterocycles. The van der Waals surface area contributed by atoms with E-state index in [1.807, 2.05) is 0 Å². The molecule has 0 aromatic rings. The topological polar surface area (TPSA) is 6.48 Å². The number of hydrogen-bond acceptors (Lipinski definition) is 1. The van der Waals surface area contributed by atoms with Crippen molar-refractivity contribution in [2.75, 3.05) is 26.2 Å². The summed E-state index contributed by atoms with van der Waals surface area (Å²) in [4.78, 5) is 0. The van der Waals surface area contributed by atoms with Gasteiger partial charge in [-0.2, -0.15) is 0 Å². The van der Waals surface area contributed by atoms with Crippen LogP contribution in [-0.2, 0) is 11.8 Å². The molecule has 0 bridgehead atoms. The van der Waals surface area contributed by atoms with Crippen LogP contribution in [-0.4, -0.2) is 35.5 Å². The lowest BCUT2D eigenvalue weighted by Crippen LogP contribution is -2.29. The molecule has 0 aliphatic heterocycles. The molecular weight excluding hydrogens is 223 g/mol. The second-order valence-electron chi connectivity index (χ2n) is 2.75. The van der Waals surface area contributed by atoms with E-state index < -0.39 is 5.69 Å². The first-order chi connectivity index (χ1) is 6.04. The van der Waals surface area contributed by atoms with Crippen LogP contribution in [0, 0.1) is 0 Å². The molecule has 0 aliphatic rings. The van der Waals surface area contributed by atoms with E-state index in [0.29, 0.717) is 0 Å². The van der Waals surface area contributed by atoms with Gasteiger partial charge in [-0.05, 0) is 11.8 Å². The van der Waals surface area contributed by atoms with Gasteiger partial charge >= 0.3 is 0 Å². The summed E-state index contributed by atoms with van der Waals surface area (Å²) in [5, 5.41) is 0. The van der Waals surface area contributed by atoms with Gasteiger partial charge in [0.1, 0.15) is 0 Å². The molecule has 0 radical (unpaired) electrons. The van der Waals surface area contributed by atoms with Crippen molar-refractivity contribution < 1.29 is 0 Å². The molecule has 0 aromatic heterocycles.